The summed E-state index contributed by atoms with van der Waals surface area (Å²) in [7, 11) is 0. The van der Waals surface area contributed by atoms with Gasteiger partial charge in [0.2, 0.25) is 0 Å². The molecule has 1 unspecified atom stereocenters. The van der Waals surface area contributed by atoms with E-state index in [2.05, 4.69) is 39.7 Å². The molecule has 0 saturated carbocycles. The highest BCUT2D eigenvalue weighted by Crippen LogP contribution is 2.23. The topological polar surface area (TPSA) is 56.7 Å². The van der Waals surface area contributed by atoms with Crippen LogP contribution < -0.4 is 5.73 Å². The fourth-order valence-electron chi connectivity index (χ4n) is 2.71. The highest BCUT2D eigenvalue weighted by molar-refractivity contribution is 5.81. The summed E-state index contributed by atoms with van der Waals surface area (Å²) in [6.45, 7) is 3.15. The molecule has 0 aliphatic rings. The van der Waals surface area contributed by atoms with Gasteiger partial charge in [-0.05, 0) is 18.1 Å². The lowest BCUT2D eigenvalue weighted by Crippen LogP contribution is -2.17. The highest BCUT2D eigenvalue weighted by Gasteiger charge is 2.14. The molecule has 4 nitrogen and oxygen atoms in total. The Bertz CT molecular complexity index is 727. The molecule has 4 heteroatoms. The zero-order valence-electron chi connectivity index (χ0n) is 12.2. The van der Waals surface area contributed by atoms with Gasteiger partial charge in [-0.25, -0.2) is 4.98 Å². The number of hydrogen-bond acceptors (Lipinski definition) is 3. The van der Waals surface area contributed by atoms with Gasteiger partial charge in [-0.2, -0.15) is 0 Å². The number of para-hydroxylation sites is 1. The molecule has 0 saturated heterocycles. The van der Waals surface area contributed by atoms with Crippen molar-refractivity contribution >= 4 is 10.9 Å². The summed E-state index contributed by atoms with van der Waals surface area (Å²) in [6.07, 6.45) is 7.50. The van der Waals surface area contributed by atoms with Gasteiger partial charge in [-0.3, -0.25) is 4.98 Å². The molecule has 2 heterocycles. The molecule has 1 aromatic carbocycles. The van der Waals surface area contributed by atoms with E-state index in [1.165, 1.54) is 0 Å². The number of fused-ring (bicyclic) bond motifs is 1. The van der Waals surface area contributed by atoms with Crippen LogP contribution >= 0.6 is 0 Å². The molecule has 0 aliphatic heterocycles. The fourth-order valence-corrected chi connectivity index (χ4v) is 2.71. The first-order valence-corrected chi connectivity index (χ1v) is 7.39. The van der Waals surface area contributed by atoms with Gasteiger partial charge >= 0.3 is 0 Å². The fraction of sp³-hybridized carbons (Fsp3) is 0.294. The van der Waals surface area contributed by atoms with E-state index >= 15 is 0 Å². The molecule has 3 rings (SSSR count). The van der Waals surface area contributed by atoms with E-state index in [0.29, 0.717) is 0 Å². The number of imidazole rings is 1. The van der Waals surface area contributed by atoms with E-state index in [4.69, 9.17) is 5.73 Å². The van der Waals surface area contributed by atoms with Gasteiger partial charge in [-0.15, -0.1) is 0 Å². The minimum Gasteiger partial charge on any atom is -0.335 e. The predicted molar refractivity (Wildman–Crippen MR) is 84.9 cm³/mol. The lowest BCUT2D eigenvalue weighted by atomic mass is 10.0. The Morgan fingerprint density at radius 2 is 2.00 bits per heavy atom. The summed E-state index contributed by atoms with van der Waals surface area (Å²) in [5.74, 6) is 1.04. The van der Waals surface area contributed by atoms with Crippen LogP contribution in [0.3, 0.4) is 0 Å². The molecule has 108 valence electrons. The van der Waals surface area contributed by atoms with Gasteiger partial charge in [0.25, 0.3) is 0 Å². The second-order valence-electron chi connectivity index (χ2n) is 5.27. The Morgan fingerprint density at radius 3 is 2.86 bits per heavy atom. The number of hydrogen-bond donors (Lipinski definition) is 1. The van der Waals surface area contributed by atoms with Crippen molar-refractivity contribution in [2.45, 2.75) is 32.4 Å². The van der Waals surface area contributed by atoms with Gasteiger partial charge in [-0.1, -0.05) is 31.2 Å². The number of benzene rings is 1. The molecule has 0 aliphatic carbocycles. The average molecular weight is 280 g/mol. The lowest BCUT2D eigenvalue weighted by molar-refractivity contribution is 0.600. The van der Waals surface area contributed by atoms with E-state index in [1.54, 1.807) is 0 Å². The van der Waals surface area contributed by atoms with Crippen molar-refractivity contribution in [2.24, 2.45) is 5.73 Å². The van der Waals surface area contributed by atoms with Crippen LogP contribution in [0.2, 0.25) is 0 Å². The monoisotopic (exact) mass is 280 g/mol. The largest absolute Gasteiger partial charge is 0.335 e. The first kappa shape index (κ1) is 13.8. The Labute approximate surface area is 124 Å². The van der Waals surface area contributed by atoms with Gasteiger partial charge in [0, 0.05) is 43.0 Å². The summed E-state index contributed by atoms with van der Waals surface area (Å²) >= 11 is 0. The molecular weight excluding hydrogens is 260 g/mol. The van der Waals surface area contributed by atoms with Crippen LogP contribution in [0.15, 0.2) is 48.9 Å². The minimum atomic E-state index is -0.0957. The third-order valence-electron chi connectivity index (χ3n) is 3.73. The first-order valence-electron chi connectivity index (χ1n) is 7.39. The summed E-state index contributed by atoms with van der Waals surface area (Å²) in [5.41, 5.74) is 8.49. The van der Waals surface area contributed by atoms with Gasteiger partial charge in [0.15, 0.2) is 0 Å². The first-order chi connectivity index (χ1) is 10.3. The van der Waals surface area contributed by atoms with E-state index in [9.17, 15) is 0 Å². The van der Waals surface area contributed by atoms with Crippen molar-refractivity contribution in [3.05, 3.63) is 60.3 Å². The molecule has 0 bridgehead atoms. The molecule has 0 amide bonds. The van der Waals surface area contributed by atoms with Crippen molar-refractivity contribution in [1.82, 2.24) is 14.5 Å². The Hall–Kier alpha value is -2.20. The molecule has 2 N–H and O–H groups in total. The smallest absolute Gasteiger partial charge is 0.110 e. The second-order valence-corrected chi connectivity index (χ2v) is 5.27. The van der Waals surface area contributed by atoms with Crippen LogP contribution in [-0.4, -0.2) is 14.5 Å². The molecule has 3 aromatic rings. The van der Waals surface area contributed by atoms with Crippen LogP contribution in [0.1, 0.15) is 30.8 Å². The Balaban J connectivity index is 1.90. The second kappa shape index (κ2) is 6.06. The molecular formula is C17H20N4. The number of pyridine rings is 1. The maximum atomic E-state index is 6.42. The van der Waals surface area contributed by atoms with Crippen LogP contribution in [0.4, 0.5) is 0 Å². The van der Waals surface area contributed by atoms with Gasteiger partial charge < -0.3 is 10.3 Å². The van der Waals surface area contributed by atoms with E-state index < -0.39 is 0 Å². The minimum absolute atomic E-state index is 0.0957. The zero-order valence-corrected chi connectivity index (χ0v) is 12.2. The number of aromatic nitrogens is 3. The van der Waals surface area contributed by atoms with Gasteiger partial charge in [0.05, 0.1) is 5.52 Å². The quantitative estimate of drug-likeness (QED) is 0.781. The summed E-state index contributed by atoms with van der Waals surface area (Å²) in [5, 5.41) is 1.13. The van der Waals surface area contributed by atoms with Crippen molar-refractivity contribution in [3.8, 4) is 0 Å². The van der Waals surface area contributed by atoms with E-state index in [0.717, 1.165) is 41.7 Å². The summed E-state index contributed by atoms with van der Waals surface area (Å²) in [4.78, 5) is 8.93. The SMILES string of the molecule is CCCn1ccnc1CC(N)c1cccc2cccnc12. The molecule has 21 heavy (non-hydrogen) atoms. The molecule has 1 atom stereocenters. The Kier molecular flexibility index (Phi) is 3.97. The van der Waals surface area contributed by atoms with Gasteiger partial charge in [0.1, 0.15) is 5.82 Å². The number of rotatable bonds is 5. The normalized spacial score (nSPS) is 12.7. The highest BCUT2D eigenvalue weighted by atomic mass is 15.1. The average Bonchev–Trinajstić information content (AvgIpc) is 2.94. The van der Waals surface area contributed by atoms with Crippen LogP contribution in [0, 0.1) is 0 Å². The molecule has 0 radical (unpaired) electrons. The van der Waals surface area contributed by atoms with Crippen LogP contribution in [0.25, 0.3) is 10.9 Å². The van der Waals surface area contributed by atoms with Crippen molar-refractivity contribution < 1.29 is 0 Å². The van der Waals surface area contributed by atoms with Crippen molar-refractivity contribution in [3.63, 3.8) is 0 Å². The summed E-state index contributed by atoms with van der Waals surface area (Å²) in [6, 6.07) is 10.1. The maximum absolute atomic E-state index is 6.42. The van der Waals surface area contributed by atoms with Crippen molar-refractivity contribution in [1.29, 1.82) is 0 Å². The van der Waals surface area contributed by atoms with Crippen molar-refractivity contribution in [2.75, 3.05) is 0 Å². The number of aryl methyl sites for hydroxylation is 1. The Morgan fingerprint density at radius 1 is 1.14 bits per heavy atom. The van der Waals surface area contributed by atoms with Crippen LogP contribution in [-0.2, 0) is 13.0 Å². The molecule has 0 spiro atoms. The third-order valence-corrected chi connectivity index (χ3v) is 3.73. The number of nitrogens with two attached hydrogens (primary N) is 1. The number of nitrogens with zero attached hydrogens (tertiary/aromatic N) is 3. The summed E-state index contributed by atoms with van der Waals surface area (Å²) < 4.78 is 2.18. The predicted octanol–water partition coefficient (Wildman–Crippen LogP) is 3.08. The van der Waals surface area contributed by atoms with E-state index in [1.807, 2.05) is 30.7 Å². The lowest BCUT2D eigenvalue weighted by Gasteiger charge is -2.15. The molecule has 2 aromatic heterocycles. The van der Waals surface area contributed by atoms with E-state index in [-0.39, 0.29) is 6.04 Å². The zero-order chi connectivity index (χ0) is 14.7. The van der Waals surface area contributed by atoms with Crippen LogP contribution in [0.5, 0.6) is 0 Å². The maximum Gasteiger partial charge on any atom is 0.110 e. The standard InChI is InChI=1S/C17H20N4/c1-2-10-21-11-9-19-16(21)12-15(18)14-7-3-5-13-6-4-8-20-17(13)14/h3-9,11,15H,2,10,12,18H2,1H3. The molecule has 0 fully saturated rings. The third kappa shape index (κ3) is 2.81.